The fourth-order valence-electron chi connectivity index (χ4n) is 1.73. The van der Waals surface area contributed by atoms with Gasteiger partial charge in [-0.25, -0.2) is 0 Å². The highest BCUT2D eigenvalue weighted by atomic mass is 16.6. The molecule has 0 saturated heterocycles. The molecule has 20 heavy (non-hydrogen) atoms. The number of carbonyl (C=O) groups excluding carboxylic acids is 1. The van der Waals surface area contributed by atoms with Crippen LogP contribution in [-0.2, 0) is 4.79 Å². The molecule has 104 valence electrons. The van der Waals surface area contributed by atoms with E-state index in [0.717, 1.165) is 12.8 Å². The van der Waals surface area contributed by atoms with Crippen LogP contribution in [0.5, 0.6) is 0 Å². The Bertz CT molecular complexity index is 590. The van der Waals surface area contributed by atoms with Crippen molar-refractivity contribution in [2.75, 3.05) is 5.32 Å². The van der Waals surface area contributed by atoms with E-state index in [1.807, 2.05) is 6.07 Å². The van der Waals surface area contributed by atoms with Gasteiger partial charge in [-0.2, -0.15) is 5.26 Å². The topological polar surface area (TPSA) is 108 Å². The van der Waals surface area contributed by atoms with Crippen molar-refractivity contribution in [3.05, 3.63) is 33.9 Å². The number of hydrogen-bond acceptors (Lipinski definition) is 5. The average Bonchev–Trinajstić information content (AvgIpc) is 3.22. The number of nitro groups is 1. The summed E-state index contributed by atoms with van der Waals surface area (Å²) in [6, 6.07) is 5.61. The second kappa shape index (κ2) is 5.57. The summed E-state index contributed by atoms with van der Waals surface area (Å²) in [5.74, 6) is -0.189. The summed E-state index contributed by atoms with van der Waals surface area (Å²) in [5.41, 5.74) is 0.222. The van der Waals surface area contributed by atoms with Gasteiger partial charge in [-0.1, -0.05) is 0 Å². The Morgan fingerprint density at radius 1 is 1.55 bits per heavy atom. The fourth-order valence-corrected chi connectivity index (χ4v) is 1.73. The third-order valence-corrected chi connectivity index (χ3v) is 3.01. The second-order valence-electron chi connectivity index (χ2n) is 4.75. The highest BCUT2D eigenvalue weighted by Gasteiger charge is 2.26. The summed E-state index contributed by atoms with van der Waals surface area (Å²) in [7, 11) is 0. The molecule has 0 bridgehead atoms. The molecule has 1 fully saturated rings. The highest BCUT2D eigenvalue weighted by Crippen LogP contribution is 2.26. The molecule has 0 aromatic heterocycles. The van der Waals surface area contributed by atoms with Crippen LogP contribution in [0.1, 0.15) is 25.3 Å². The molecule has 0 radical (unpaired) electrons. The third-order valence-electron chi connectivity index (χ3n) is 3.01. The lowest BCUT2D eigenvalue weighted by molar-refractivity contribution is -0.384. The van der Waals surface area contributed by atoms with Crippen LogP contribution < -0.4 is 10.6 Å². The molecular formula is C13H14N4O3. The van der Waals surface area contributed by atoms with Crippen molar-refractivity contribution in [1.82, 2.24) is 5.32 Å². The summed E-state index contributed by atoms with van der Waals surface area (Å²) in [6.07, 6.45) is 1.96. The van der Waals surface area contributed by atoms with E-state index >= 15 is 0 Å². The molecule has 0 heterocycles. The zero-order chi connectivity index (χ0) is 14.7. The van der Waals surface area contributed by atoms with Crippen molar-refractivity contribution in [2.45, 2.75) is 31.8 Å². The number of nitrogens with one attached hydrogen (secondary N) is 2. The van der Waals surface area contributed by atoms with Crippen molar-refractivity contribution in [2.24, 2.45) is 0 Å². The number of rotatable bonds is 5. The van der Waals surface area contributed by atoms with Gasteiger partial charge in [0.2, 0.25) is 5.91 Å². The molecule has 1 atom stereocenters. The van der Waals surface area contributed by atoms with Crippen molar-refractivity contribution in [3.63, 3.8) is 0 Å². The lowest BCUT2D eigenvalue weighted by Gasteiger charge is -2.15. The summed E-state index contributed by atoms with van der Waals surface area (Å²) in [4.78, 5) is 22.2. The van der Waals surface area contributed by atoms with E-state index in [0.29, 0.717) is 0 Å². The van der Waals surface area contributed by atoms with Gasteiger partial charge in [0.05, 0.1) is 16.6 Å². The zero-order valence-corrected chi connectivity index (χ0v) is 10.9. The Hall–Kier alpha value is -2.62. The van der Waals surface area contributed by atoms with Crippen LogP contribution in [0.4, 0.5) is 11.4 Å². The van der Waals surface area contributed by atoms with Crippen molar-refractivity contribution in [3.8, 4) is 6.07 Å². The Kier molecular flexibility index (Phi) is 3.84. The molecule has 0 aliphatic heterocycles. The number of carbonyl (C=O) groups is 1. The minimum atomic E-state index is -0.581. The van der Waals surface area contributed by atoms with E-state index in [2.05, 4.69) is 10.6 Å². The molecule has 2 rings (SSSR count). The van der Waals surface area contributed by atoms with Gasteiger partial charge in [-0.05, 0) is 31.9 Å². The van der Waals surface area contributed by atoms with Crippen molar-refractivity contribution >= 4 is 17.3 Å². The Morgan fingerprint density at radius 3 is 2.80 bits per heavy atom. The monoisotopic (exact) mass is 274 g/mol. The molecule has 1 amide bonds. The van der Waals surface area contributed by atoms with E-state index in [9.17, 15) is 14.9 Å². The molecule has 7 heteroatoms. The van der Waals surface area contributed by atoms with E-state index in [-0.39, 0.29) is 28.9 Å². The SMILES string of the molecule is CC(Nc1ccc(C#N)cc1[N+](=O)[O-])C(=O)NC1CC1. The van der Waals surface area contributed by atoms with Gasteiger partial charge in [0, 0.05) is 12.1 Å². The molecule has 1 aliphatic carbocycles. The third kappa shape index (κ3) is 3.23. The first-order valence-corrected chi connectivity index (χ1v) is 6.26. The Balaban J connectivity index is 2.13. The molecule has 0 spiro atoms. The number of nitriles is 1. The van der Waals surface area contributed by atoms with E-state index in [4.69, 9.17) is 5.26 Å². The maximum absolute atomic E-state index is 11.8. The number of nitro benzene ring substituents is 1. The lowest BCUT2D eigenvalue weighted by atomic mass is 10.1. The number of amides is 1. The first kappa shape index (κ1) is 13.8. The Morgan fingerprint density at radius 2 is 2.25 bits per heavy atom. The zero-order valence-electron chi connectivity index (χ0n) is 10.9. The molecule has 1 unspecified atom stereocenters. The standard InChI is InChI=1S/C13H14N4O3/c1-8(13(18)16-10-3-4-10)15-11-5-2-9(7-14)6-12(11)17(19)20/h2,5-6,8,10,15H,3-4H2,1H3,(H,16,18). The maximum atomic E-state index is 11.8. The number of hydrogen-bond donors (Lipinski definition) is 2. The van der Waals surface area contributed by atoms with Crippen LogP contribution in [0.25, 0.3) is 0 Å². The highest BCUT2D eigenvalue weighted by molar-refractivity contribution is 5.85. The first-order valence-electron chi connectivity index (χ1n) is 6.26. The largest absolute Gasteiger partial charge is 0.368 e. The van der Waals surface area contributed by atoms with Gasteiger partial charge in [0.25, 0.3) is 5.69 Å². The van der Waals surface area contributed by atoms with Crippen molar-refractivity contribution in [1.29, 1.82) is 5.26 Å². The summed E-state index contributed by atoms with van der Waals surface area (Å²) in [6.45, 7) is 1.64. The lowest BCUT2D eigenvalue weighted by Crippen LogP contribution is -2.38. The molecule has 1 aromatic rings. The average molecular weight is 274 g/mol. The molecular weight excluding hydrogens is 260 g/mol. The molecule has 2 N–H and O–H groups in total. The smallest absolute Gasteiger partial charge is 0.293 e. The number of benzene rings is 1. The van der Waals surface area contributed by atoms with Crippen LogP contribution in [0, 0.1) is 21.4 Å². The van der Waals surface area contributed by atoms with Gasteiger partial charge >= 0.3 is 0 Å². The van der Waals surface area contributed by atoms with Crippen LogP contribution in [0.2, 0.25) is 0 Å². The van der Waals surface area contributed by atoms with E-state index < -0.39 is 11.0 Å². The van der Waals surface area contributed by atoms with Crippen LogP contribution >= 0.6 is 0 Å². The summed E-state index contributed by atoms with van der Waals surface area (Å²) < 4.78 is 0. The number of nitrogens with zero attached hydrogens (tertiary/aromatic N) is 2. The fraction of sp³-hybridized carbons (Fsp3) is 0.385. The normalized spacial score (nSPS) is 15.0. The van der Waals surface area contributed by atoms with Gasteiger partial charge in [0.1, 0.15) is 11.7 Å². The minimum Gasteiger partial charge on any atom is -0.368 e. The minimum absolute atomic E-state index is 0.189. The van der Waals surface area contributed by atoms with E-state index in [1.165, 1.54) is 18.2 Å². The maximum Gasteiger partial charge on any atom is 0.293 e. The second-order valence-corrected chi connectivity index (χ2v) is 4.75. The predicted octanol–water partition coefficient (Wildman–Crippen LogP) is 1.55. The van der Waals surface area contributed by atoms with Gasteiger partial charge in [-0.15, -0.1) is 0 Å². The molecule has 1 aromatic carbocycles. The predicted molar refractivity (Wildman–Crippen MR) is 72.1 cm³/mol. The van der Waals surface area contributed by atoms with Gasteiger partial charge in [-0.3, -0.25) is 14.9 Å². The first-order chi connectivity index (χ1) is 9.51. The van der Waals surface area contributed by atoms with Crippen LogP contribution in [0.3, 0.4) is 0 Å². The quantitative estimate of drug-likeness (QED) is 0.625. The van der Waals surface area contributed by atoms with Gasteiger partial charge < -0.3 is 10.6 Å². The van der Waals surface area contributed by atoms with E-state index in [1.54, 1.807) is 6.92 Å². The van der Waals surface area contributed by atoms with Crippen molar-refractivity contribution < 1.29 is 9.72 Å². The summed E-state index contributed by atoms with van der Waals surface area (Å²) in [5, 5.41) is 25.4. The van der Waals surface area contributed by atoms with Crippen LogP contribution in [0.15, 0.2) is 18.2 Å². The van der Waals surface area contributed by atoms with Gasteiger partial charge in [0.15, 0.2) is 0 Å². The molecule has 7 nitrogen and oxygen atoms in total. The van der Waals surface area contributed by atoms with Crippen LogP contribution in [-0.4, -0.2) is 22.9 Å². The molecule has 1 aliphatic rings. The molecule has 1 saturated carbocycles. The Labute approximate surface area is 115 Å². The number of anilines is 1. The summed E-state index contributed by atoms with van der Waals surface area (Å²) >= 11 is 0.